The van der Waals surface area contributed by atoms with Gasteiger partial charge in [-0.2, -0.15) is 0 Å². The molecule has 0 atom stereocenters. The number of nitrogens with zero attached hydrogens (tertiary/aromatic N) is 5. The van der Waals surface area contributed by atoms with Gasteiger partial charge in [0.2, 0.25) is 0 Å². The molecule has 20 rings (SSSR count). The van der Waals surface area contributed by atoms with Crippen LogP contribution in [0.25, 0.3) is 90.1 Å². The van der Waals surface area contributed by atoms with E-state index in [0.29, 0.717) is 5.82 Å². The summed E-state index contributed by atoms with van der Waals surface area (Å²) in [6, 6.07) is 125. The van der Waals surface area contributed by atoms with Crippen LogP contribution >= 0.6 is 15.9 Å². The van der Waals surface area contributed by atoms with E-state index in [2.05, 4.69) is 327 Å². The molecule has 16 aromatic rings. The molecule has 0 radical (unpaired) electrons. The topological polar surface area (TPSA) is 66.8 Å². The van der Waals surface area contributed by atoms with Gasteiger partial charge in [-0.1, -0.05) is 325 Å². The molecule has 0 saturated heterocycles. The number of benzene rings is 14. The van der Waals surface area contributed by atoms with Crippen molar-refractivity contribution in [3.63, 3.8) is 0 Å². The number of hydrogen-bond acceptors (Lipinski definition) is 6. The largest absolute Gasteiger partial charge is 0.355 e. The van der Waals surface area contributed by atoms with E-state index < -0.39 is 5.41 Å². The first-order valence-corrected chi connectivity index (χ1v) is 36.6. The van der Waals surface area contributed by atoms with Crippen molar-refractivity contribution in [1.29, 1.82) is 0 Å². The number of aromatic nitrogens is 4. The molecule has 4 heterocycles. The fourth-order valence-corrected chi connectivity index (χ4v) is 16.7. The Morgan fingerprint density at radius 2 is 0.557 bits per heavy atom. The molecule has 7 heteroatoms. The molecule has 106 heavy (non-hydrogen) atoms. The van der Waals surface area contributed by atoms with Crippen molar-refractivity contribution in [1.82, 2.24) is 19.9 Å². The highest BCUT2D eigenvalue weighted by atomic mass is 79.9. The van der Waals surface area contributed by atoms with Gasteiger partial charge in [0.15, 0.2) is 11.6 Å². The van der Waals surface area contributed by atoms with Crippen LogP contribution in [0.5, 0.6) is 0 Å². The van der Waals surface area contributed by atoms with Gasteiger partial charge >= 0.3 is 0 Å². The summed E-state index contributed by atoms with van der Waals surface area (Å²) < 4.78 is 1.04. The molecule has 14 aromatic carbocycles. The van der Waals surface area contributed by atoms with Crippen molar-refractivity contribution >= 4 is 44.4 Å². The minimum absolute atomic E-state index is 0. The monoisotopic (exact) mass is 1430 g/mol. The van der Waals surface area contributed by atoms with Crippen molar-refractivity contribution < 1.29 is 1.43 Å². The maximum Gasteiger partial charge on any atom is 0.160 e. The molecular formula is C99H77BrN6. The summed E-state index contributed by atoms with van der Waals surface area (Å²) in [7, 11) is 0. The van der Waals surface area contributed by atoms with E-state index >= 15 is 0 Å². The third kappa shape index (κ3) is 11.4. The molecule has 4 aliphatic rings. The van der Waals surface area contributed by atoms with E-state index in [1.54, 1.807) is 0 Å². The summed E-state index contributed by atoms with van der Waals surface area (Å²) in [6.45, 7) is 8.79. The van der Waals surface area contributed by atoms with E-state index in [9.17, 15) is 0 Å². The van der Waals surface area contributed by atoms with Gasteiger partial charge in [0.05, 0.1) is 45.0 Å². The Morgan fingerprint density at radius 1 is 0.274 bits per heavy atom. The highest BCUT2D eigenvalue weighted by Gasteiger charge is 2.53. The number of anilines is 5. The number of rotatable bonds is 7. The maximum atomic E-state index is 5.10. The van der Waals surface area contributed by atoms with Gasteiger partial charge in [-0.25, -0.2) is 19.9 Å². The molecule has 0 unspecified atom stereocenters. The smallest absolute Gasteiger partial charge is 0.160 e. The van der Waals surface area contributed by atoms with Crippen LogP contribution in [-0.4, -0.2) is 19.9 Å². The lowest BCUT2D eigenvalue weighted by molar-refractivity contribution is 0.750. The first-order valence-electron chi connectivity index (χ1n) is 35.9. The lowest BCUT2D eigenvalue weighted by Crippen LogP contribution is -2.36. The van der Waals surface area contributed by atoms with Gasteiger partial charge in [0.1, 0.15) is 0 Å². The summed E-state index contributed by atoms with van der Waals surface area (Å²) >= 11 is 3.48. The second-order valence-corrected chi connectivity index (χ2v) is 28.6. The summed E-state index contributed by atoms with van der Waals surface area (Å²) in [6.07, 6.45) is 0. The third-order valence-corrected chi connectivity index (χ3v) is 21.7. The Labute approximate surface area is 630 Å². The molecule has 2 aliphatic heterocycles. The van der Waals surface area contributed by atoms with Crippen LogP contribution in [0.15, 0.2) is 356 Å². The van der Waals surface area contributed by atoms with E-state index in [4.69, 9.17) is 19.9 Å². The Balaban J connectivity index is 0.000000134. The van der Waals surface area contributed by atoms with Crippen molar-refractivity contribution in [3.05, 3.63) is 423 Å². The van der Waals surface area contributed by atoms with Gasteiger partial charge in [-0.05, 0) is 167 Å². The van der Waals surface area contributed by atoms with Crippen LogP contribution in [0.3, 0.4) is 0 Å². The highest BCUT2D eigenvalue weighted by molar-refractivity contribution is 9.10. The predicted octanol–water partition coefficient (Wildman–Crippen LogP) is 26.1. The number of halogens is 1. The van der Waals surface area contributed by atoms with Crippen molar-refractivity contribution in [2.24, 2.45) is 0 Å². The lowest BCUT2D eigenvalue weighted by Gasteiger charge is -2.45. The quantitative estimate of drug-likeness (QED) is 0.172. The van der Waals surface area contributed by atoms with Gasteiger partial charge in [0.25, 0.3) is 0 Å². The summed E-state index contributed by atoms with van der Waals surface area (Å²) in [5, 5.41) is 3.71. The van der Waals surface area contributed by atoms with Crippen LogP contribution in [0, 0.1) is 27.7 Å². The zero-order chi connectivity index (χ0) is 70.8. The molecular weight excluding hydrogens is 1350 g/mol. The minimum atomic E-state index is -0.439. The molecule has 2 spiro atoms. The van der Waals surface area contributed by atoms with Crippen molar-refractivity contribution in [3.8, 4) is 90.1 Å². The predicted molar refractivity (Wildman–Crippen MR) is 445 cm³/mol. The minimum Gasteiger partial charge on any atom is -0.355 e. The fourth-order valence-electron chi connectivity index (χ4n) is 16.5. The molecule has 2 aliphatic carbocycles. The molecule has 0 bridgehead atoms. The highest BCUT2D eigenvalue weighted by Crippen LogP contribution is 2.65. The average Bonchev–Trinajstić information content (AvgIpc) is 1.57. The van der Waals surface area contributed by atoms with Crippen LogP contribution in [0.2, 0.25) is 0 Å². The van der Waals surface area contributed by atoms with Crippen molar-refractivity contribution in [2.75, 3.05) is 10.2 Å². The Bertz CT molecular complexity index is 5690. The zero-order valence-corrected chi connectivity index (χ0v) is 60.2. The number of aryl methyl sites for hydroxylation is 4. The number of nitrogens with one attached hydrogen (secondary N) is 1. The molecule has 1 N–H and O–H groups in total. The second kappa shape index (κ2) is 27.5. The van der Waals surface area contributed by atoms with Gasteiger partial charge < -0.3 is 10.2 Å². The van der Waals surface area contributed by atoms with Gasteiger partial charge in [-0.15, -0.1) is 0 Å². The van der Waals surface area contributed by atoms with Crippen LogP contribution in [-0.2, 0) is 10.8 Å². The van der Waals surface area contributed by atoms with Crippen molar-refractivity contribution in [2.45, 2.75) is 46.0 Å². The van der Waals surface area contributed by atoms with E-state index in [1.807, 2.05) is 78.9 Å². The number of fused-ring (bicyclic) bond motifs is 18. The third-order valence-electron chi connectivity index (χ3n) is 21.1. The fraction of sp³-hybridized carbons (Fsp3) is 0.0707. The summed E-state index contributed by atoms with van der Waals surface area (Å²) in [5.41, 5.74) is 36.2. The SMILES string of the molecule is Brc1ccc(-c2nc(-c3ccccc3)cc(-c3ccccc3)n2)cc1.C.Cc1ccc2c(c1)C1(c3cc(C)ccc3N2)c2ccccc2-c2ccccc21.Cc1ccc2c(c1)C1(c3ccccc3-c3ccccc31)c1cc(C)ccc1N2c1ccc(-c2nc(-c3ccccc3)cc(-c3ccccc3)n2)cc1.[HH]. The van der Waals surface area contributed by atoms with Crippen LogP contribution < -0.4 is 10.2 Å². The van der Waals surface area contributed by atoms with E-state index in [1.165, 1.54) is 112 Å². The molecule has 2 aromatic heterocycles. The average molecular weight is 1430 g/mol. The lowest BCUT2D eigenvalue weighted by atomic mass is 9.64. The summed E-state index contributed by atoms with van der Waals surface area (Å²) in [4.78, 5) is 22.2. The maximum absolute atomic E-state index is 5.10. The molecule has 0 fully saturated rings. The van der Waals surface area contributed by atoms with Gasteiger partial charge in [0, 0.05) is 56.3 Å². The standard InChI is InChI=1S/C49H35N3.C27H21N.C22H15BrN2.CH4.H2/c1-32-21-27-46-42(29-32)49(40-19-11-9-17-38(40)39-18-10-12-20-41(39)49)43-30-33(2)22-28-47(43)52(46)37-25-23-36(24-26-37)48-50-44(34-13-5-3-6-14-34)31-45(51-48)35-15-7-4-8-16-35;1-17-11-13-25-23(15-17)27(24-16-18(2)12-14-26(24)28-25)21-9-5-3-7-19(21)20-8-4-6-10-22(20)27;23-19-13-11-18(12-14-19)22-24-20(16-7-3-1-4-8-16)15-21(25-22)17-9-5-2-6-10-17;;/h3-31H,1-2H3;3-16,28H,1-2H3;1-15H;1H4;1H. The molecule has 0 saturated carbocycles. The Hall–Kier alpha value is -12.7. The first-order chi connectivity index (χ1) is 51.6. The molecule has 510 valence electrons. The molecule has 6 nitrogen and oxygen atoms in total. The normalized spacial score (nSPS) is 12.9. The zero-order valence-electron chi connectivity index (χ0n) is 58.6. The van der Waals surface area contributed by atoms with Crippen LogP contribution in [0.4, 0.5) is 28.4 Å². The Morgan fingerprint density at radius 3 is 0.896 bits per heavy atom. The number of hydrogen-bond donors (Lipinski definition) is 1. The Kier molecular flexibility index (Phi) is 17.3. The van der Waals surface area contributed by atoms with Crippen LogP contribution in [0.1, 0.15) is 75.6 Å². The first kappa shape index (κ1) is 66.6. The second-order valence-electron chi connectivity index (χ2n) is 27.7. The van der Waals surface area contributed by atoms with Gasteiger partial charge in [-0.3, -0.25) is 0 Å². The van der Waals surface area contributed by atoms with E-state index in [-0.39, 0.29) is 14.3 Å². The van der Waals surface area contributed by atoms with E-state index in [0.717, 1.165) is 72.1 Å². The molecule has 0 amide bonds. The summed E-state index contributed by atoms with van der Waals surface area (Å²) in [5.74, 6) is 1.43.